The molecule has 0 unspecified atom stereocenters. The minimum absolute atomic E-state index is 0.273. The summed E-state index contributed by atoms with van der Waals surface area (Å²) in [7, 11) is 1.61. The summed E-state index contributed by atoms with van der Waals surface area (Å²) in [6.45, 7) is 1.38. The molecule has 0 spiro atoms. The number of H-pyrrole nitrogens is 1. The number of methoxy groups -OCH3 is 1. The van der Waals surface area contributed by atoms with E-state index in [-0.39, 0.29) is 16.7 Å². The molecule has 3 heterocycles. The number of imide groups is 1. The predicted octanol–water partition coefficient (Wildman–Crippen LogP) is 7.87. The highest BCUT2D eigenvalue weighted by molar-refractivity contribution is 7.98. The van der Waals surface area contributed by atoms with Crippen LogP contribution in [0.25, 0.3) is 39.2 Å². The van der Waals surface area contributed by atoms with Crippen LogP contribution in [0.1, 0.15) is 32.0 Å². The Morgan fingerprint density at radius 1 is 0.759 bits per heavy atom. The van der Waals surface area contributed by atoms with E-state index in [9.17, 15) is 19.2 Å². The minimum atomic E-state index is -0.531. The van der Waals surface area contributed by atoms with Gasteiger partial charge in [-0.05, 0) is 60.0 Å². The van der Waals surface area contributed by atoms with Gasteiger partial charge in [0.05, 0.1) is 46.4 Å². The van der Waals surface area contributed by atoms with Crippen molar-refractivity contribution < 1.29 is 19.1 Å². The van der Waals surface area contributed by atoms with Gasteiger partial charge < -0.3 is 10.1 Å². The molecule has 2 N–H and O–H groups in total. The maximum atomic E-state index is 14.5. The standard InChI is InChI=1S/C43H33N5O5S/c1-26-37(43(52)48-40(44-26)38(28-11-5-3-6-12-28)39(46-48)29-13-7-4-8-14-29)30-19-22-34(35(23-30)54-25-27-17-20-31(53-2)21-18-27)45-36(49)24-47-41(50)32-15-9-10-16-33(32)42(47)51/h3-23,46H,24-25H2,1-2H3,(H,45,49). The Morgan fingerprint density at radius 3 is 2.04 bits per heavy atom. The molecule has 11 heteroatoms. The van der Waals surface area contributed by atoms with Crippen molar-refractivity contribution in [3.63, 3.8) is 0 Å². The number of carbonyl (C=O) groups is 3. The van der Waals surface area contributed by atoms with Crippen LogP contribution in [0, 0.1) is 6.92 Å². The Labute approximate surface area is 314 Å². The van der Waals surface area contributed by atoms with Gasteiger partial charge in [-0.15, -0.1) is 11.8 Å². The topological polar surface area (TPSA) is 126 Å². The summed E-state index contributed by atoms with van der Waals surface area (Å²) in [6.07, 6.45) is 0. The fraction of sp³-hybridized carbons (Fsp3) is 0.0930. The van der Waals surface area contributed by atoms with Crippen molar-refractivity contribution in [1.82, 2.24) is 19.5 Å². The first-order valence-corrected chi connectivity index (χ1v) is 18.2. The van der Waals surface area contributed by atoms with Gasteiger partial charge in [-0.2, -0.15) is 4.52 Å². The first-order valence-electron chi connectivity index (χ1n) is 17.2. The van der Waals surface area contributed by atoms with Crippen LogP contribution in [-0.2, 0) is 10.5 Å². The number of aromatic nitrogens is 3. The number of benzene rings is 5. The number of thioether (sulfide) groups is 1. The van der Waals surface area contributed by atoms with Gasteiger partial charge in [0.1, 0.15) is 12.3 Å². The van der Waals surface area contributed by atoms with Crippen molar-refractivity contribution in [2.24, 2.45) is 0 Å². The van der Waals surface area contributed by atoms with E-state index < -0.39 is 24.3 Å². The van der Waals surface area contributed by atoms with E-state index in [1.807, 2.05) is 97.9 Å². The smallest absolute Gasteiger partial charge is 0.280 e. The average molecular weight is 732 g/mol. The number of rotatable bonds is 10. The number of hydrogen-bond donors (Lipinski definition) is 2. The third-order valence-corrected chi connectivity index (χ3v) is 10.5. The van der Waals surface area contributed by atoms with E-state index in [1.165, 1.54) is 16.3 Å². The summed E-state index contributed by atoms with van der Waals surface area (Å²) >= 11 is 1.47. The highest BCUT2D eigenvalue weighted by atomic mass is 32.2. The number of nitrogens with one attached hydrogen (secondary N) is 2. The van der Waals surface area contributed by atoms with Gasteiger partial charge in [-0.25, -0.2) is 4.98 Å². The van der Waals surface area contributed by atoms with Gasteiger partial charge in [0, 0.05) is 16.2 Å². The number of nitrogens with zero attached hydrogens (tertiary/aromatic N) is 3. The Morgan fingerprint density at radius 2 is 1.39 bits per heavy atom. The second kappa shape index (κ2) is 14.4. The minimum Gasteiger partial charge on any atom is -0.497 e. The molecule has 0 aliphatic carbocycles. The lowest BCUT2D eigenvalue weighted by molar-refractivity contribution is -0.116. The molecule has 54 heavy (non-hydrogen) atoms. The summed E-state index contributed by atoms with van der Waals surface area (Å²) in [5.74, 6) is -0.271. The molecular formula is C43H33N5O5S. The van der Waals surface area contributed by atoms with Crippen molar-refractivity contribution in [3.05, 3.63) is 160 Å². The van der Waals surface area contributed by atoms with Crippen molar-refractivity contribution in [2.45, 2.75) is 17.6 Å². The van der Waals surface area contributed by atoms with Crippen LogP contribution in [0.4, 0.5) is 5.69 Å². The first-order chi connectivity index (χ1) is 26.3. The van der Waals surface area contributed by atoms with Crippen molar-refractivity contribution >= 4 is 40.8 Å². The highest BCUT2D eigenvalue weighted by Crippen LogP contribution is 2.37. The molecule has 5 aromatic carbocycles. The van der Waals surface area contributed by atoms with Crippen LogP contribution in [0.15, 0.2) is 137 Å². The fourth-order valence-corrected chi connectivity index (χ4v) is 7.70. The van der Waals surface area contributed by atoms with Crippen LogP contribution in [0.2, 0.25) is 0 Å². The summed E-state index contributed by atoms with van der Waals surface area (Å²) in [5, 5.41) is 6.26. The fourth-order valence-electron chi connectivity index (χ4n) is 6.70. The molecule has 1 aliphatic heterocycles. The number of aromatic amines is 1. The van der Waals surface area contributed by atoms with Crippen molar-refractivity contribution in [3.8, 4) is 39.3 Å². The number of amides is 3. The van der Waals surface area contributed by atoms with E-state index in [1.54, 1.807) is 43.5 Å². The molecule has 0 saturated carbocycles. The van der Waals surface area contributed by atoms with E-state index in [4.69, 9.17) is 9.72 Å². The van der Waals surface area contributed by atoms with E-state index in [0.717, 1.165) is 38.6 Å². The van der Waals surface area contributed by atoms with Gasteiger partial charge in [-0.3, -0.25) is 29.2 Å². The summed E-state index contributed by atoms with van der Waals surface area (Å²) < 4.78 is 6.81. The predicted molar refractivity (Wildman–Crippen MR) is 210 cm³/mol. The van der Waals surface area contributed by atoms with Crippen LogP contribution in [-0.4, -0.2) is 50.9 Å². The van der Waals surface area contributed by atoms with E-state index in [2.05, 4.69) is 10.4 Å². The monoisotopic (exact) mass is 731 g/mol. The molecule has 0 radical (unpaired) electrons. The number of aryl methyl sites for hydroxylation is 1. The van der Waals surface area contributed by atoms with Gasteiger partial charge in [-0.1, -0.05) is 91.0 Å². The largest absolute Gasteiger partial charge is 0.497 e. The third-order valence-electron chi connectivity index (χ3n) is 9.36. The van der Waals surface area contributed by atoms with Crippen molar-refractivity contribution in [2.75, 3.05) is 19.0 Å². The highest BCUT2D eigenvalue weighted by Gasteiger charge is 2.36. The number of ether oxygens (including phenoxy) is 1. The van der Waals surface area contributed by atoms with Crippen LogP contribution in [0.3, 0.4) is 0 Å². The van der Waals surface area contributed by atoms with Gasteiger partial charge in [0.2, 0.25) is 5.91 Å². The number of anilines is 1. The lowest BCUT2D eigenvalue weighted by atomic mass is 10.0. The Hall–Kier alpha value is -6.72. The van der Waals surface area contributed by atoms with Crippen LogP contribution >= 0.6 is 11.8 Å². The zero-order valence-electron chi connectivity index (χ0n) is 29.3. The number of hydrogen-bond acceptors (Lipinski definition) is 7. The molecule has 1 aliphatic rings. The zero-order valence-corrected chi connectivity index (χ0v) is 30.1. The zero-order chi connectivity index (χ0) is 37.3. The van der Waals surface area contributed by atoms with Gasteiger partial charge in [0.15, 0.2) is 5.65 Å². The molecule has 8 rings (SSSR count). The van der Waals surface area contributed by atoms with Crippen LogP contribution in [0.5, 0.6) is 5.75 Å². The molecule has 0 bridgehead atoms. The second-order valence-corrected chi connectivity index (χ2v) is 13.8. The van der Waals surface area contributed by atoms with Crippen LogP contribution < -0.4 is 15.6 Å². The summed E-state index contributed by atoms with van der Waals surface area (Å²) in [6, 6.07) is 39.3. The third kappa shape index (κ3) is 6.35. The molecule has 0 atom stereocenters. The molecule has 10 nitrogen and oxygen atoms in total. The second-order valence-electron chi connectivity index (χ2n) is 12.8. The number of carbonyl (C=O) groups excluding carboxylic acids is 3. The molecule has 2 aromatic heterocycles. The molecule has 7 aromatic rings. The summed E-state index contributed by atoms with van der Waals surface area (Å²) in [4.78, 5) is 60.5. The normalized spacial score (nSPS) is 12.3. The first kappa shape index (κ1) is 34.4. The SMILES string of the molecule is COc1ccc(CSc2cc(-c3c(C)nc4c(-c5ccccc5)c(-c5ccccc5)[nH]n4c3=O)ccc2NC(=O)CN2C(=O)c3ccccc3C2=O)cc1. The van der Waals surface area contributed by atoms with E-state index in [0.29, 0.717) is 38.8 Å². The van der Waals surface area contributed by atoms with E-state index >= 15 is 0 Å². The lowest BCUT2D eigenvalue weighted by Gasteiger charge is -2.16. The quantitative estimate of drug-likeness (QED) is 0.108. The lowest BCUT2D eigenvalue weighted by Crippen LogP contribution is -2.37. The summed E-state index contributed by atoms with van der Waals surface area (Å²) in [5.41, 5.74) is 7.28. The van der Waals surface area contributed by atoms with Gasteiger partial charge in [0.25, 0.3) is 17.4 Å². The molecule has 0 saturated heterocycles. The maximum Gasteiger partial charge on any atom is 0.280 e. The number of fused-ring (bicyclic) bond motifs is 2. The Bertz CT molecular complexity index is 2600. The molecular weight excluding hydrogens is 699 g/mol. The molecule has 3 amide bonds. The molecule has 0 fully saturated rings. The average Bonchev–Trinajstić information content (AvgIpc) is 3.70. The Kier molecular flexibility index (Phi) is 9.14. The van der Waals surface area contributed by atoms with Crippen molar-refractivity contribution in [1.29, 1.82) is 0 Å². The van der Waals surface area contributed by atoms with Gasteiger partial charge >= 0.3 is 0 Å². The maximum absolute atomic E-state index is 14.5. The Balaban J connectivity index is 1.17. The molecule has 266 valence electrons.